The fourth-order valence-corrected chi connectivity index (χ4v) is 1.90. The van der Waals surface area contributed by atoms with Gasteiger partial charge in [0.1, 0.15) is 0 Å². The molecule has 5 heteroatoms. The van der Waals surface area contributed by atoms with E-state index in [1.807, 2.05) is 6.92 Å². The number of pyridine rings is 1. The summed E-state index contributed by atoms with van der Waals surface area (Å²) < 4.78 is 0. The van der Waals surface area contributed by atoms with Crippen LogP contribution in [0.25, 0.3) is 0 Å². The standard InChI is InChI=1S/C15H16N2O3/c1-10-7-13(18)14(19)8-11(10)4-6-17-15(20)12-3-2-5-16-9-12/h2-3,5,7-9,18-19H,4,6H2,1H3,(H,17,20). The lowest BCUT2D eigenvalue weighted by molar-refractivity contribution is 0.0953. The van der Waals surface area contributed by atoms with Gasteiger partial charge in [0.25, 0.3) is 5.91 Å². The highest BCUT2D eigenvalue weighted by Crippen LogP contribution is 2.27. The molecule has 0 spiro atoms. The van der Waals surface area contributed by atoms with Gasteiger partial charge < -0.3 is 15.5 Å². The molecule has 0 aliphatic heterocycles. The number of aromatic hydroxyl groups is 2. The maximum absolute atomic E-state index is 11.8. The minimum Gasteiger partial charge on any atom is -0.504 e. The van der Waals surface area contributed by atoms with Crippen LogP contribution in [0.3, 0.4) is 0 Å². The molecule has 0 saturated heterocycles. The molecule has 0 saturated carbocycles. The number of carbonyl (C=O) groups excluding carboxylic acids is 1. The third-order valence-corrected chi connectivity index (χ3v) is 3.04. The number of aromatic nitrogens is 1. The van der Waals surface area contributed by atoms with Crippen molar-refractivity contribution in [2.45, 2.75) is 13.3 Å². The summed E-state index contributed by atoms with van der Waals surface area (Å²) in [6.45, 7) is 2.29. The minimum absolute atomic E-state index is 0.134. The molecule has 104 valence electrons. The summed E-state index contributed by atoms with van der Waals surface area (Å²) >= 11 is 0. The van der Waals surface area contributed by atoms with Crippen molar-refractivity contribution in [3.63, 3.8) is 0 Å². The van der Waals surface area contributed by atoms with Crippen molar-refractivity contribution in [3.05, 3.63) is 53.3 Å². The maximum atomic E-state index is 11.8. The van der Waals surface area contributed by atoms with Crippen molar-refractivity contribution in [3.8, 4) is 11.5 Å². The Morgan fingerprint density at radius 3 is 2.75 bits per heavy atom. The zero-order chi connectivity index (χ0) is 14.5. The number of hydrogen-bond donors (Lipinski definition) is 3. The Morgan fingerprint density at radius 2 is 2.05 bits per heavy atom. The van der Waals surface area contributed by atoms with Gasteiger partial charge in [0.05, 0.1) is 5.56 Å². The van der Waals surface area contributed by atoms with Gasteiger partial charge in [-0.1, -0.05) is 0 Å². The first kappa shape index (κ1) is 13.9. The van der Waals surface area contributed by atoms with Crippen LogP contribution in [0.15, 0.2) is 36.7 Å². The third kappa shape index (κ3) is 3.26. The van der Waals surface area contributed by atoms with Crippen molar-refractivity contribution in [1.82, 2.24) is 10.3 Å². The summed E-state index contributed by atoms with van der Waals surface area (Å²) in [7, 11) is 0. The average Bonchev–Trinajstić information content (AvgIpc) is 2.45. The molecule has 0 bridgehead atoms. The van der Waals surface area contributed by atoms with Gasteiger partial charge in [0, 0.05) is 18.9 Å². The molecule has 20 heavy (non-hydrogen) atoms. The topological polar surface area (TPSA) is 82.5 Å². The van der Waals surface area contributed by atoms with Crippen molar-refractivity contribution in [2.24, 2.45) is 0 Å². The van der Waals surface area contributed by atoms with E-state index in [4.69, 9.17) is 0 Å². The van der Waals surface area contributed by atoms with Crippen LogP contribution in [-0.4, -0.2) is 27.6 Å². The van der Waals surface area contributed by atoms with E-state index in [2.05, 4.69) is 10.3 Å². The molecule has 5 nitrogen and oxygen atoms in total. The molecule has 0 radical (unpaired) electrons. The molecule has 0 aliphatic carbocycles. The molecule has 1 amide bonds. The fourth-order valence-electron chi connectivity index (χ4n) is 1.90. The van der Waals surface area contributed by atoms with Gasteiger partial charge in [-0.25, -0.2) is 0 Å². The largest absolute Gasteiger partial charge is 0.504 e. The number of carbonyl (C=O) groups is 1. The summed E-state index contributed by atoms with van der Waals surface area (Å²) in [6, 6.07) is 6.42. The van der Waals surface area contributed by atoms with E-state index < -0.39 is 0 Å². The number of phenols is 2. The lowest BCUT2D eigenvalue weighted by Crippen LogP contribution is -2.25. The summed E-state index contributed by atoms with van der Waals surface area (Å²) in [5, 5.41) is 21.6. The summed E-state index contributed by atoms with van der Waals surface area (Å²) in [5.74, 6) is -0.464. The van der Waals surface area contributed by atoms with Crippen LogP contribution in [0.5, 0.6) is 11.5 Å². The first-order valence-corrected chi connectivity index (χ1v) is 6.27. The highest BCUT2D eigenvalue weighted by molar-refractivity contribution is 5.93. The summed E-state index contributed by atoms with van der Waals surface area (Å²) in [4.78, 5) is 15.7. The molecular weight excluding hydrogens is 256 g/mol. The zero-order valence-corrected chi connectivity index (χ0v) is 11.1. The van der Waals surface area contributed by atoms with E-state index in [0.717, 1.165) is 11.1 Å². The summed E-state index contributed by atoms with van der Waals surface area (Å²) in [6.07, 6.45) is 3.69. The van der Waals surface area contributed by atoms with Crippen LogP contribution in [0.1, 0.15) is 21.5 Å². The number of aryl methyl sites for hydroxylation is 1. The van der Waals surface area contributed by atoms with Gasteiger partial charge in [-0.05, 0) is 48.7 Å². The number of benzene rings is 1. The quantitative estimate of drug-likeness (QED) is 0.741. The number of hydrogen-bond acceptors (Lipinski definition) is 4. The lowest BCUT2D eigenvalue weighted by atomic mass is 10.0. The second kappa shape index (κ2) is 6.06. The van der Waals surface area contributed by atoms with Crippen molar-refractivity contribution < 1.29 is 15.0 Å². The fraction of sp³-hybridized carbons (Fsp3) is 0.200. The molecule has 0 atom stereocenters. The molecule has 0 unspecified atom stereocenters. The van der Waals surface area contributed by atoms with E-state index >= 15 is 0 Å². The number of phenolic OH excluding ortho intramolecular Hbond substituents is 2. The first-order chi connectivity index (χ1) is 9.58. The van der Waals surface area contributed by atoms with E-state index in [1.165, 1.54) is 18.3 Å². The Morgan fingerprint density at radius 1 is 1.30 bits per heavy atom. The predicted octanol–water partition coefficient (Wildman–Crippen LogP) is 1.77. The number of nitrogens with one attached hydrogen (secondary N) is 1. The zero-order valence-electron chi connectivity index (χ0n) is 11.1. The number of rotatable bonds is 4. The molecule has 1 heterocycles. The minimum atomic E-state index is -0.182. The monoisotopic (exact) mass is 272 g/mol. The lowest BCUT2D eigenvalue weighted by Gasteiger charge is -2.09. The second-order valence-electron chi connectivity index (χ2n) is 4.52. The highest BCUT2D eigenvalue weighted by atomic mass is 16.3. The van der Waals surface area contributed by atoms with Crippen LogP contribution < -0.4 is 5.32 Å². The van der Waals surface area contributed by atoms with Gasteiger partial charge in [-0.3, -0.25) is 9.78 Å². The molecule has 1 aromatic heterocycles. The Bertz CT molecular complexity index is 612. The second-order valence-corrected chi connectivity index (χ2v) is 4.52. The van der Waals surface area contributed by atoms with Gasteiger partial charge >= 0.3 is 0 Å². The van der Waals surface area contributed by atoms with Crippen LogP contribution in [0.4, 0.5) is 0 Å². The third-order valence-electron chi connectivity index (χ3n) is 3.04. The van der Waals surface area contributed by atoms with Gasteiger partial charge in [0.2, 0.25) is 0 Å². The van der Waals surface area contributed by atoms with E-state index in [1.54, 1.807) is 18.3 Å². The average molecular weight is 272 g/mol. The predicted molar refractivity (Wildman–Crippen MR) is 74.8 cm³/mol. The normalized spacial score (nSPS) is 10.2. The Hall–Kier alpha value is -2.56. The smallest absolute Gasteiger partial charge is 0.252 e. The van der Waals surface area contributed by atoms with Gasteiger partial charge in [0.15, 0.2) is 11.5 Å². The van der Waals surface area contributed by atoms with E-state index in [-0.39, 0.29) is 17.4 Å². The Kier molecular flexibility index (Phi) is 4.20. The SMILES string of the molecule is Cc1cc(O)c(O)cc1CCNC(=O)c1cccnc1. The van der Waals surface area contributed by atoms with Crippen LogP contribution >= 0.6 is 0 Å². The van der Waals surface area contributed by atoms with Crippen LogP contribution in [0.2, 0.25) is 0 Å². The van der Waals surface area contributed by atoms with Crippen LogP contribution in [0, 0.1) is 6.92 Å². The number of nitrogens with zero attached hydrogens (tertiary/aromatic N) is 1. The molecule has 0 aliphatic rings. The van der Waals surface area contributed by atoms with Gasteiger partial charge in [-0.15, -0.1) is 0 Å². The maximum Gasteiger partial charge on any atom is 0.252 e. The molecule has 2 rings (SSSR count). The van der Waals surface area contributed by atoms with E-state index in [0.29, 0.717) is 18.5 Å². The Labute approximate surface area is 116 Å². The highest BCUT2D eigenvalue weighted by Gasteiger charge is 2.07. The number of amides is 1. The van der Waals surface area contributed by atoms with E-state index in [9.17, 15) is 15.0 Å². The summed E-state index contributed by atoms with van der Waals surface area (Å²) in [5.41, 5.74) is 2.26. The van der Waals surface area contributed by atoms with Crippen molar-refractivity contribution >= 4 is 5.91 Å². The van der Waals surface area contributed by atoms with Crippen LogP contribution in [-0.2, 0) is 6.42 Å². The van der Waals surface area contributed by atoms with Crippen molar-refractivity contribution in [1.29, 1.82) is 0 Å². The van der Waals surface area contributed by atoms with Gasteiger partial charge in [-0.2, -0.15) is 0 Å². The molecule has 0 fully saturated rings. The molecule has 3 N–H and O–H groups in total. The van der Waals surface area contributed by atoms with Crippen molar-refractivity contribution in [2.75, 3.05) is 6.54 Å². The molecule has 2 aromatic rings. The molecular formula is C15H16N2O3. The Balaban J connectivity index is 1.94. The first-order valence-electron chi connectivity index (χ1n) is 6.27. The molecule has 1 aromatic carbocycles.